The first kappa shape index (κ1) is 38.4. The van der Waals surface area contributed by atoms with Gasteiger partial charge in [-0.25, -0.2) is 13.4 Å². The molecule has 0 radical (unpaired) electrons. The van der Waals surface area contributed by atoms with Gasteiger partial charge >= 0.3 is 29.6 Å². The molecule has 6 N–H and O–H groups in total. The number of allylic oxidation sites excluding steroid dienone is 1. The van der Waals surface area contributed by atoms with Gasteiger partial charge in [-0.15, -0.1) is 0 Å². The summed E-state index contributed by atoms with van der Waals surface area (Å²) in [6.45, 7) is 1.95. The maximum atomic E-state index is 13.6. The number of benzene rings is 3. The third-order valence-corrected chi connectivity index (χ3v) is 12.4. The minimum absolute atomic E-state index is 0. The van der Waals surface area contributed by atoms with Crippen molar-refractivity contribution in [2.75, 3.05) is 6.61 Å². The monoisotopic (exact) mass is 733 g/mol. The summed E-state index contributed by atoms with van der Waals surface area (Å²) in [5.41, 5.74) is 16.5. The van der Waals surface area contributed by atoms with Crippen LogP contribution < -0.4 is 45.8 Å². The molecule has 0 spiro atoms. The van der Waals surface area contributed by atoms with Gasteiger partial charge in [0.2, 0.25) is 6.23 Å². The van der Waals surface area contributed by atoms with Gasteiger partial charge in [-0.05, 0) is 103 Å². The summed E-state index contributed by atoms with van der Waals surface area (Å²) in [5, 5.41) is 19.5. The zero-order valence-electron chi connectivity index (χ0n) is 29.5. The Kier molecular flexibility index (Phi) is 11.8. The number of aliphatic imine (C=N–C) groups is 1. The van der Waals surface area contributed by atoms with Crippen LogP contribution >= 0.6 is 0 Å². The number of guanidine groups is 1. The fourth-order valence-electron chi connectivity index (χ4n) is 8.71. The number of phenols is 1. The molecule has 6 heterocycles. The Morgan fingerprint density at radius 3 is 2.38 bits per heavy atom. The fraction of sp³-hybridized carbons (Fsp3) is 0.425. The summed E-state index contributed by atoms with van der Waals surface area (Å²) in [7, 11) is -4.81. The number of hydrogen-bond acceptors (Lipinski definition) is 8. The van der Waals surface area contributed by atoms with Crippen LogP contribution in [-0.4, -0.2) is 47.1 Å². The van der Waals surface area contributed by atoms with Gasteiger partial charge < -0.3 is 35.7 Å². The molecule has 9 atom stereocenters. The zero-order valence-corrected chi connectivity index (χ0v) is 32.3. The number of aliphatic hydroxyl groups excluding tert-OH is 1. The van der Waals surface area contributed by atoms with E-state index in [9.17, 15) is 23.2 Å². The molecule has 7 aliphatic rings. The minimum Gasteiger partial charge on any atom is -0.748 e. The average Bonchev–Trinajstić information content (AvgIpc) is 3.23. The van der Waals surface area contributed by atoms with E-state index in [-0.39, 0.29) is 84.1 Å². The molecule has 3 aromatic rings. The van der Waals surface area contributed by atoms with Gasteiger partial charge in [0.05, 0.1) is 21.5 Å². The number of nitrogens with two attached hydrogens (primary N) is 2. The van der Waals surface area contributed by atoms with Crippen LogP contribution in [-0.2, 0) is 14.9 Å². The van der Waals surface area contributed by atoms with Crippen molar-refractivity contribution < 1.29 is 62.2 Å². The molecule has 8 bridgehead atoms. The van der Waals surface area contributed by atoms with Gasteiger partial charge in [-0.2, -0.15) is 0 Å². The Bertz CT molecular complexity index is 1990. The molecule has 52 heavy (non-hydrogen) atoms. The molecule has 9 unspecified atom stereocenters. The van der Waals surface area contributed by atoms with E-state index < -0.39 is 33.6 Å². The fourth-order valence-corrected chi connectivity index (χ4v) is 9.81. The van der Waals surface area contributed by atoms with Crippen LogP contribution in [0, 0.1) is 29.6 Å². The number of fused-ring (bicyclic) bond motifs is 7. The van der Waals surface area contributed by atoms with E-state index in [0.29, 0.717) is 49.0 Å². The first-order chi connectivity index (χ1) is 24.5. The van der Waals surface area contributed by atoms with Gasteiger partial charge in [0.1, 0.15) is 17.6 Å². The van der Waals surface area contributed by atoms with Crippen LogP contribution in [0.2, 0.25) is 0 Å². The third kappa shape index (κ3) is 8.09. The number of aromatic hydroxyl groups is 1. The zero-order chi connectivity index (χ0) is 35.9. The van der Waals surface area contributed by atoms with Crippen LogP contribution in [0.3, 0.4) is 0 Å². The standard InChI is InChI=1S/C40H45N3O7S.Na/c1-2-24-21-36(51(46,47)48)35-20-30-17-29(19-33-16-23(22-44)4-3-5-28-18-31(45)12-15-34(28)38(30)49-33)37(35)26-6-8-27(9-7-26)39(43-40(41)42)50-32-13-10-25(24)11-14-32;/h6-15,18,20,23-24,29,33,35-39,44-45H,2,4,16-17,19,21-22H2,1H3,(H4,41,42,43)(H,46,47,48);/q;+1/p-1. The molecule has 0 amide bonds. The topological polar surface area (TPSA) is 181 Å². The minimum atomic E-state index is -4.81. The van der Waals surface area contributed by atoms with Gasteiger partial charge in [0.25, 0.3) is 0 Å². The molecular weight excluding hydrogens is 690 g/mol. The molecular formula is C40H44N3NaO7S. The van der Waals surface area contributed by atoms with Gasteiger partial charge in [-0.1, -0.05) is 67.3 Å². The Morgan fingerprint density at radius 2 is 1.71 bits per heavy atom. The van der Waals surface area contributed by atoms with Crippen LogP contribution in [0.15, 0.2) is 83.4 Å². The first-order valence-electron chi connectivity index (χ1n) is 17.7. The predicted octanol–water partition coefficient (Wildman–Crippen LogP) is 2.49. The van der Waals surface area contributed by atoms with Gasteiger partial charge in [0.15, 0.2) is 5.96 Å². The van der Waals surface area contributed by atoms with Crippen LogP contribution in [0.1, 0.15) is 97.4 Å². The molecule has 0 aromatic heterocycles. The predicted molar refractivity (Wildman–Crippen MR) is 193 cm³/mol. The second kappa shape index (κ2) is 15.9. The molecule has 3 aromatic carbocycles. The van der Waals surface area contributed by atoms with Crippen molar-refractivity contribution in [3.8, 4) is 23.3 Å². The summed E-state index contributed by atoms with van der Waals surface area (Å²) in [4.78, 5) is 4.36. The smallest absolute Gasteiger partial charge is 0.748 e. The molecule has 1 aliphatic carbocycles. The van der Waals surface area contributed by atoms with Gasteiger partial charge in [0, 0.05) is 29.7 Å². The quantitative estimate of drug-likeness (QED) is 0.0783. The number of hydrogen-bond donors (Lipinski definition) is 4. The summed E-state index contributed by atoms with van der Waals surface area (Å²) in [6.07, 6.45) is 3.37. The number of nitrogens with zero attached hydrogens (tertiary/aromatic N) is 1. The van der Waals surface area contributed by atoms with Crippen LogP contribution in [0.4, 0.5) is 0 Å². The summed E-state index contributed by atoms with van der Waals surface area (Å²) >= 11 is 0. The van der Waals surface area contributed by atoms with Crippen molar-refractivity contribution in [2.45, 2.75) is 81.0 Å². The number of phenolic OH excluding ortho intramolecular Hbond substituents is 1. The Balaban J connectivity index is 0.00000464. The van der Waals surface area contributed by atoms with E-state index in [1.807, 2.05) is 67.6 Å². The molecule has 1 fully saturated rings. The van der Waals surface area contributed by atoms with E-state index in [1.54, 1.807) is 12.1 Å². The largest absolute Gasteiger partial charge is 1.00 e. The Morgan fingerprint density at radius 1 is 1.00 bits per heavy atom. The van der Waals surface area contributed by atoms with Crippen LogP contribution in [0.25, 0.3) is 0 Å². The van der Waals surface area contributed by atoms with Crippen LogP contribution in [0.5, 0.6) is 11.5 Å². The summed E-state index contributed by atoms with van der Waals surface area (Å²) < 4.78 is 53.9. The number of rotatable bonds is 4. The van der Waals surface area contributed by atoms with E-state index >= 15 is 0 Å². The van der Waals surface area contributed by atoms with Crippen molar-refractivity contribution >= 4 is 16.1 Å². The van der Waals surface area contributed by atoms with Crippen molar-refractivity contribution in [3.05, 3.63) is 106 Å². The molecule has 10 rings (SSSR count). The van der Waals surface area contributed by atoms with Crippen molar-refractivity contribution in [1.82, 2.24) is 0 Å². The van der Waals surface area contributed by atoms with Gasteiger partial charge in [-0.3, -0.25) is 0 Å². The molecule has 12 heteroatoms. The molecule has 0 saturated carbocycles. The molecule has 10 nitrogen and oxygen atoms in total. The third-order valence-electron chi connectivity index (χ3n) is 11.1. The average molecular weight is 734 g/mol. The number of aliphatic hydroxyl groups is 1. The van der Waals surface area contributed by atoms with Crippen molar-refractivity contribution in [3.63, 3.8) is 0 Å². The first-order valence-corrected chi connectivity index (χ1v) is 19.2. The number of ether oxygens (including phenoxy) is 2. The van der Waals surface area contributed by atoms with Crippen molar-refractivity contribution in [2.24, 2.45) is 34.2 Å². The second-order valence-corrected chi connectivity index (χ2v) is 16.0. The molecule has 1 saturated heterocycles. The maximum Gasteiger partial charge on any atom is 1.00 e. The maximum absolute atomic E-state index is 13.6. The molecule has 6 aliphatic heterocycles. The van der Waals surface area contributed by atoms with E-state index in [2.05, 4.69) is 16.8 Å². The SMILES string of the molecule is CCC1CC(S(=O)(=O)[O-])C2C=C3CC(CC4CC(CO)CC#Cc5cc(O)ccc5C3O4)C2c2ccc(cc2)C(N=C(N)N)Oc2ccc1cc2.[Na+]. The van der Waals surface area contributed by atoms with E-state index in [0.717, 1.165) is 22.3 Å². The summed E-state index contributed by atoms with van der Waals surface area (Å²) in [5.74, 6) is 5.50. The summed E-state index contributed by atoms with van der Waals surface area (Å²) in [6, 6.07) is 20.2. The van der Waals surface area contributed by atoms with Crippen molar-refractivity contribution in [1.29, 1.82) is 0 Å². The normalized spacial score (nSPS) is 29.4. The Hall–Kier alpha value is -3.34. The Labute approximate surface area is 327 Å². The van der Waals surface area contributed by atoms with E-state index in [4.69, 9.17) is 20.9 Å². The van der Waals surface area contributed by atoms with E-state index in [1.165, 1.54) is 0 Å². The second-order valence-electron chi connectivity index (χ2n) is 14.4. The molecule has 268 valence electrons.